The van der Waals surface area contributed by atoms with E-state index in [1.54, 1.807) is 0 Å². The second-order valence-corrected chi connectivity index (χ2v) is 4.42. The number of pyridine rings is 1. The van der Waals surface area contributed by atoms with Gasteiger partial charge in [-0.1, -0.05) is 25.5 Å². The van der Waals surface area contributed by atoms with Crippen LogP contribution in [0.25, 0.3) is 10.9 Å². The Kier molecular flexibility index (Phi) is 5.89. The highest BCUT2D eigenvalue weighted by molar-refractivity contribution is 5.78. The van der Waals surface area contributed by atoms with Gasteiger partial charge in [-0.2, -0.15) is 4.57 Å². The number of fused-ring (bicyclic) bond motifs is 1. The van der Waals surface area contributed by atoms with Crippen LogP contribution in [0.3, 0.4) is 0 Å². The summed E-state index contributed by atoms with van der Waals surface area (Å²) in [5.74, 6) is 0. The van der Waals surface area contributed by atoms with E-state index in [1.165, 1.54) is 35.7 Å². The lowest BCUT2D eigenvalue weighted by Crippen LogP contribution is -3.00. The standard InChI is InChI=1S/C15H20N.HI/c1-3-4-7-11-16-12-10-13(2)14-8-5-6-9-15(14)16;/h5-6,8-10,12H,3-4,7,11H2,1-2H3;1H/q+1;/p-1. The topological polar surface area (TPSA) is 3.88 Å². The molecule has 0 amide bonds. The molecule has 0 aliphatic rings. The van der Waals surface area contributed by atoms with Crippen molar-refractivity contribution in [3.63, 3.8) is 0 Å². The third-order valence-corrected chi connectivity index (χ3v) is 3.15. The molecule has 0 N–H and O–H groups in total. The fourth-order valence-corrected chi connectivity index (χ4v) is 2.16. The van der Waals surface area contributed by atoms with Crippen molar-refractivity contribution >= 4 is 10.9 Å². The van der Waals surface area contributed by atoms with Gasteiger partial charge in [0.05, 0.1) is 0 Å². The summed E-state index contributed by atoms with van der Waals surface area (Å²) in [6.45, 7) is 5.56. The molecule has 1 nitrogen and oxygen atoms in total. The van der Waals surface area contributed by atoms with Crippen molar-refractivity contribution < 1.29 is 28.5 Å². The molecule has 1 aromatic carbocycles. The molecule has 1 heterocycles. The van der Waals surface area contributed by atoms with Crippen LogP contribution in [-0.2, 0) is 6.54 Å². The van der Waals surface area contributed by atoms with Crippen molar-refractivity contribution in [1.82, 2.24) is 0 Å². The Morgan fingerprint density at radius 2 is 1.82 bits per heavy atom. The smallest absolute Gasteiger partial charge is 0.212 e. The third-order valence-electron chi connectivity index (χ3n) is 3.15. The van der Waals surface area contributed by atoms with Crippen molar-refractivity contribution in [2.75, 3.05) is 0 Å². The van der Waals surface area contributed by atoms with Crippen LogP contribution >= 0.6 is 0 Å². The zero-order chi connectivity index (χ0) is 11.4. The monoisotopic (exact) mass is 341 g/mol. The Balaban J connectivity index is 0.00000144. The molecule has 0 aliphatic carbocycles. The van der Waals surface area contributed by atoms with Gasteiger partial charge in [0.1, 0.15) is 6.54 Å². The summed E-state index contributed by atoms with van der Waals surface area (Å²) in [7, 11) is 0. The molecule has 17 heavy (non-hydrogen) atoms. The van der Waals surface area contributed by atoms with E-state index in [2.05, 4.69) is 54.9 Å². The predicted molar refractivity (Wildman–Crippen MR) is 68.4 cm³/mol. The minimum absolute atomic E-state index is 0. The highest BCUT2D eigenvalue weighted by Crippen LogP contribution is 2.13. The highest BCUT2D eigenvalue weighted by atomic mass is 127. The second-order valence-electron chi connectivity index (χ2n) is 4.42. The van der Waals surface area contributed by atoms with E-state index in [-0.39, 0.29) is 24.0 Å². The van der Waals surface area contributed by atoms with Crippen molar-refractivity contribution in [2.45, 2.75) is 39.7 Å². The lowest BCUT2D eigenvalue weighted by molar-refractivity contribution is -0.671. The molecule has 0 bridgehead atoms. The van der Waals surface area contributed by atoms with Crippen molar-refractivity contribution in [2.24, 2.45) is 0 Å². The van der Waals surface area contributed by atoms with Gasteiger partial charge in [-0.3, -0.25) is 0 Å². The summed E-state index contributed by atoms with van der Waals surface area (Å²) < 4.78 is 2.37. The Morgan fingerprint density at radius 1 is 1.06 bits per heavy atom. The average molecular weight is 341 g/mol. The summed E-state index contributed by atoms with van der Waals surface area (Å²) >= 11 is 0. The first kappa shape index (κ1) is 14.4. The maximum atomic E-state index is 2.37. The molecule has 2 aromatic rings. The number of aryl methyl sites for hydroxylation is 2. The van der Waals surface area contributed by atoms with E-state index in [1.807, 2.05) is 0 Å². The maximum Gasteiger partial charge on any atom is 0.212 e. The number of para-hydroxylation sites is 1. The molecular weight excluding hydrogens is 321 g/mol. The molecule has 0 radical (unpaired) electrons. The molecule has 0 saturated heterocycles. The number of hydrogen-bond donors (Lipinski definition) is 0. The van der Waals surface area contributed by atoms with Crippen LogP contribution in [0.4, 0.5) is 0 Å². The zero-order valence-corrected chi connectivity index (χ0v) is 12.8. The minimum Gasteiger partial charge on any atom is -1.00 e. The van der Waals surface area contributed by atoms with Gasteiger partial charge in [0.25, 0.3) is 0 Å². The van der Waals surface area contributed by atoms with E-state index >= 15 is 0 Å². The van der Waals surface area contributed by atoms with E-state index in [4.69, 9.17) is 0 Å². The van der Waals surface area contributed by atoms with Gasteiger partial charge in [0.2, 0.25) is 5.52 Å². The summed E-state index contributed by atoms with van der Waals surface area (Å²) in [4.78, 5) is 0. The summed E-state index contributed by atoms with van der Waals surface area (Å²) in [6.07, 6.45) is 6.08. The summed E-state index contributed by atoms with van der Waals surface area (Å²) in [5.41, 5.74) is 2.72. The van der Waals surface area contributed by atoms with E-state index in [0.29, 0.717) is 0 Å². The summed E-state index contributed by atoms with van der Waals surface area (Å²) in [5, 5.41) is 1.38. The molecule has 0 spiro atoms. The predicted octanol–water partition coefficient (Wildman–Crippen LogP) is 0.630. The van der Waals surface area contributed by atoms with Crippen LogP contribution in [0.1, 0.15) is 31.7 Å². The summed E-state index contributed by atoms with van der Waals surface area (Å²) in [6, 6.07) is 10.9. The fourth-order valence-electron chi connectivity index (χ4n) is 2.16. The quantitative estimate of drug-likeness (QED) is 0.436. The van der Waals surface area contributed by atoms with E-state index in [0.717, 1.165) is 6.54 Å². The van der Waals surface area contributed by atoms with Gasteiger partial charge < -0.3 is 24.0 Å². The Bertz CT molecular complexity index is 479. The van der Waals surface area contributed by atoms with Crippen molar-refractivity contribution in [1.29, 1.82) is 0 Å². The first-order valence-electron chi connectivity index (χ1n) is 6.20. The van der Waals surface area contributed by atoms with Crippen LogP contribution in [0.15, 0.2) is 36.5 Å². The van der Waals surface area contributed by atoms with Gasteiger partial charge in [0, 0.05) is 23.9 Å². The first-order chi connectivity index (χ1) is 7.83. The second kappa shape index (κ2) is 6.94. The number of nitrogens with zero attached hydrogens (tertiary/aromatic N) is 1. The van der Waals surface area contributed by atoms with Crippen molar-refractivity contribution in [3.8, 4) is 0 Å². The van der Waals surface area contributed by atoms with Crippen LogP contribution in [0, 0.1) is 6.92 Å². The maximum absolute atomic E-state index is 2.37. The van der Waals surface area contributed by atoms with E-state index in [9.17, 15) is 0 Å². The zero-order valence-electron chi connectivity index (χ0n) is 10.6. The number of benzene rings is 1. The van der Waals surface area contributed by atoms with Gasteiger partial charge >= 0.3 is 0 Å². The Morgan fingerprint density at radius 3 is 2.59 bits per heavy atom. The molecule has 2 heteroatoms. The molecule has 2 rings (SSSR count). The molecule has 92 valence electrons. The molecule has 0 unspecified atom stereocenters. The lowest BCUT2D eigenvalue weighted by Gasteiger charge is -2.03. The van der Waals surface area contributed by atoms with Gasteiger partial charge in [-0.15, -0.1) is 0 Å². The minimum atomic E-state index is 0. The molecule has 0 saturated carbocycles. The largest absolute Gasteiger partial charge is 1.00 e. The molecule has 0 atom stereocenters. The van der Waals surface area contributed by atoms with Crippen LogP contribution in [-0.4, -0.2) is 0 Å². The van der Waals surface area contributed by atoms with Crippen LogP contribution in [0.5, 0.6) is 0 Å². The number of rotatable bonds is 4. The van der Waals surface area contributed by atoms with Crippen molar-refractivity contribution in [3.05, 3.63) is 42.1 Å². The Labute approximate surface area is 121 Å². The van der Waals surface area contributed by atoms with E-state index < -0.39 is 0 Å². The number of hydrogen-bond acceptors (Lipinski definition) is 0. The number of halogens is 1. The third kappa shape index (κ3) is 3.41. The first-order valence-corrected chi connectivity index (χ1v) is 6.20. The number of aromatic nitrogens is 1. The van der Waals surface area contributed by atoms with Gasteiger partial charge in [-0.05, 0) is 25.0 Å². The molecule has 1 aromatic heterocycles. The molecular formula is C15H20IN. The number of unbranched alkanes of at least 4 members (excludes halogenated alkanes) is 2. The van der Waals surface area contributed by atoms with Gasteiger partial charge in [-0.25, -0.2) is 0 Å². The highest BCUT2D eigenvalue weighted by Gasteiger charge is 2.08. The lowest BCUT2D eigenvalue weighted by atomic mass is 10.1. The SMILES string of the molecule is CCCCC[n+]1ccc(C)c2ccccc21.[I-]. The Hall–Kier alpha value is -0.640. The van der Waals surface area contributed by atoms with Gasteiger partial charge in [0.15, 0.2) is 6.20 Å². The van der Waals surface area contributed by atoms with Crippen LogP contribution in [0.2, 0.25) is 0 Å². The van der Waals surface area contributed by atoms with Crippen LogP contribution < -0.4 is 28.5 Å². The normalized spacial score (nSPS) is 10.2. The average Bonchev–Trinajstić information content (AvgIpc) is 2.33. The molecule has 0 aliphatic heterocycles. The fraction of sp³-hybridized carbons (Fsp3) is 0.400. The molecule has 0 fully saturated rings.